The minimum absolute atomic E-state index is 0.0650. The molecular weight excluding hydrogens is 492 g/mol. The molecule has 12 nitrogen and oxygen atoms in total. The lowest BCUT2D eigenvalue weighted by Gasteiger charge is -2.27. The third kappa shape index (κ3) is 5.81. The van der Waals surface area contributed by atoms with Crippen molar-refractivity contribution in [1.29, 1.82) is 0 Å². The molecule has 0 saturated heterocycles. The molecule has 1 unspecified atom stereocenters. The Kier molecular flexibility index (Phi) is 7.49. The summed E-state index contributed by atoms with van der Waals surface area (Å²) in [6.07, 6.45) is 1.19. The highest BCUT2D eigenvalue weighted by Gasteiger charge is 2.36. The van der Waals surface area contributed by atoms with Crippen molar-refractivity contribution < 1.29 is 37.5 Å². The van der Waals surface area contributed by atoms with Crippen LogP contribution < -0.4 is 16.0 Å². The molecule has 13 heteroatoms. The molecule has 0 radical (unpaired) electrons. The highest BCUT2D eigenvalue weighted by Crippen LogP contribution is 2.29. The van der Waals surface area contributed by atoms with Gasteiger partial charge in [0.1, 0.15) is 24.2 Å². The van der Waals surface area contributed by atoms with E-state index < -0.39 is 29.9 Å². The zero-order valence-corrected chi connectivity index (χ0v) is 20.1. The summed E-state index contributed by atoms with van der Waals surface area (Å²) in [5, 5.41) is 9.61. The molecule has 4 rings (SSSR count). The van der Waals surface area contributed by atoms with E-state index in [4.69, 9.17) is 18.3 Å². The maximum absolute atomic E-state index is 12.7. The van der Waals surface area contributed by atoms with Gasteiger partial charge in [-0.15, -0.1) is 11.3 Å². The first-order valence-corrected chi connectivity index (χ1v) is 11.7. The number of furan rings is 2. The maximum atomic E-state index is 12.7. The summed E-state index contributed by atoms with van der Waals surface area (Å²) in [5.41, 5.74) is 0.516. The van der Waals surface area contributed by atoms with Crippen molar-refractivity contribution in [2.45, 2.75) is 26.3 Å². The lowest BCUT2D eigenvalue weighted by Crippen LogP contribution is -2.47. The number of nitrogens with one attached hydrogen (secondary N) is 3. The van der Waals surface area contributed by atoms with Crippen molar-refractivity contribution in [3.8, 4) is 0 Å². The minimum atomic E-state index is -0.918. The quantitative estimate of drug-likeness (QED) is 0.365. The zero-order valence-electron chi connectivity index (χ0n) is 19.3. The van der Waals surface area contributed by atoms with Gasteiger partial charge in [-0.05, 0) is 38.1 Å². The van der Waals surface area contributed by atoms with Crippen LogP contribution in [0.4, 0.5) is 9.93 Å². The molecule has 1 aliphatic heterocycles. The van der Waals surface area contributed by atoms with E-state index in [0.29, 0.717) is 17.2 Å². The number of hydrogen-bond acceptors (Lipinski definition) is 10. The molecule has 1 atom stereocenters. The minimum Gasteiger partial charge on any atom is -0.464 e. The number of amides is 3. The van der Waals surface area contributed by atoms with Gasteiger partial charge in [-0.3, -0.25) is 14.9 Å². The van der Waals surface area contributed by atoms with Gasteiger partial charge in [-0.2, -0.15) is 0 Å². The average molecular weight is 515 g/mol. The van der Waals surface area contributed by atoms with E-state index in [1.165, 1.54) is 12.3 Å². The van der Waals surface area contributed by atoms with E-state index >= 15 is 0 Å². The van der Waals surface area contributed by atoms with Gasteiger partial charge in [0.05, 0.1) is 36.3 Å². The largest absolute Gasteiger partial charge is 0.464 e. The first-order valence-electron chi connectivity index (χ1n) is 10.8. The van der Waals surface area contributed by atoms with Gasteiger partial charge in [0.15, 0.2) is 10.9 Å². The number of aromatic nitrogens is 1. The number of nitrogens with zero attached hydrogens (tertiary/aromatic N) is 1. The lowest BCUT2D eigenvalue weighted by atomic mass is 10.0. The van der Waals surface area contributed by atoms with E-state index in [1.807, 2.05) is 0 Å². The molecule has 3 amide bonds. The molecule has 0 aromatic carbocycles. The molecule has 4 heterocycles. The van der Waals surface area contributed by atoms with Crippen molar-refractivity contribution >= 4 is 40.3 Å². The van der Waals surface area contributed by atoms with Gasteiger partial charge < -0.3 is 28.9 Å². The van der Waals surface area contributed by atoms with Gasteiger partial charge in [0.25, 0.3) is 5.91 Å². The SMILES string of the molecule is CCOC(=O)C1=C(COC(=O)Cc2csc(NC(=O)c3ccco3)n2)NC(=O)NC1c1ccc(C)o1. The van der Waals surface area contributed by atoms with Crippen molar-refractivity contribution in [1.82, 2.24) is 15.6 Å². The Bertz CT molecular complexity index is 1310. The monoisotopic (exact) mass is 514 g/mol. The molecular formula is C23H22N4O8S. The summed E-state index contributed by atoms with van der Waals surface area (Å²) >= 11 is 1.13. The molecule has 188 valence electrons. The zero-order chi connectivity index (χ0) is 25.7. The fraction of sp³-hybridized carbons (Fsp3) is 0.261. The van der Waals surface area contributed by atoms with Crippen LogP contribution in [0, 0.1) is 6.92 Å². The highest BCUT2D eigenvalue weighted by atomic mass is 32.1. The van der Waals surface area contributed by atoms with Crippen LogP contribution in [0.25, 0.3) is 0 Å². The van der Waals surface area contributed by atoms with Crippen molar-refractivity contribution in [3.63, 3.8) is 0 Å². The van der Waals surface area contributed by atoms with Crippen LogP contribution in [0.5, 0.6) is 0 Å². The third-order valence-electron chi connectivity index (χ3n) is 4.91. The number of thiazole rings is 1. The average Bonchev–Trinajstić information content (AvgIpc) is 3.60. The Morgan fingerprint density at radius 2 is 2.06 bits per heavy atom. The molecule has 3 N–H and O–H groups in total. The van der Waals surface area contributed by atoms with Crippen LogP contribution in [0.2, 0.25) is 0 Å². The van der Waals surface area contributed by atoms with Crippen LogP contribution in [0.1, 0.15) is 40.7 Å². The van der Waals surface area contributed by atoms with Crippen molar-refractivity contribution in [2.75, 3.05) is 18.5 Å². The number of urea groups is 1. The first kappa shape index (κ1) is 24.7. The smallest absolute Gasteiger partial charge is 0.338 e. The molecule has 0 aliphatic carbocycles. The molecule has 0 saturated carbocycles. The molecule has 3 aromatic rings. The van der Waals surface area contributed by atoms with E-state index in [1.54, 1.807) is 37.4 Å². The van der Waals surface area contributed by atoms with Gasteiger partial charge in [0, 0.05) is 5.38 Å². The van der Waals surface area contributed by atoms with E-state index in [0.717, 1.165) is 11.3 Å². The number of rotatable bonds is 9. The van der Waals surface area contributed by atoms with E-state index in [2.05, 4.69) is 20.9 Å². The summed E-state index contributed by atoms with van der Waals surface area (Å²) in [6, 6.07) is 4.93. The number of ether oxygens (including phenoxy) is 2. The Morgan fingerprint density at radius 3 is 2.75 bits per heavy atom. The second kappa shape index (κ2) is 10.9. The number of esters is 2. The summed E-state index contributed by atoms with van der Waals surface area (Å²) in [6.45, 7) is 3.10. The fourth-order valence-corrected chi connectivity index (χ4v) is 4.07. The van der Waals surface area contributed by atoms with E-state index in [-0.39, 0.29) is 41.8 Å². The number of anilines is 1. The van der Waals surface area contributed by atoms with Gasteiger partial charge in [-0.1, -0.05) is 0 Å². The summed E-state index contributed by atoms with van der Waals surface area (Å²) in [4.78, 5) is 53.7. The molecule has 1 aliphatic rings. The first-order chi connectivity index (χ1) is 17.3. The maximum Gasteiger partial charge on any atom is 0.338 e. The Hall–Kier alpha value is -4.39. The Labute approximate surface area is 208 Å². The highest BCUT2D eigenvalue weighted by molar-refractivity contribution is 7.14. The summed E-state index contributed by atoms with van der Waals surface area (Å²) in [5.74, 6) is -0.754. The Morgan fingerprint density at radius 1 is 1.22 bits per heavy atom. The predicted molar refractivity (Wildman–Crippen MR) is 125 cm³/mol. The van der Waals surface area contributed by atoms with Gasteiger partial charge in [-0.25, -0.2) is 14.6 Å². The van der Waals surface area contributed by atoms with Crippen molar-refractivity contribution in [2.24, 2.45) is 0 Å². The van der Waals surface area contributed by atoms with Crippen LogP contribution >= 0.6 is 11.3 Å². The van der Waals surface area contributed by atoms with Gasteiger partial charge in [0.2, 0.25) is 0 Å². The fourth-order valence-electron chi connectivity index (χ4n) is 3.37. The van der Waals surface area contributed by atoms with Crippen LogP contribution in [0.15, 0.2) is 56.0 Å². The number of carbonyl (C=O) groups is 4. The molecule has 3 aromatic heterocycles. The van der Waals surface area contributed by atoms with E-state index in [9.17, 15) is 19.2 Å². The van der Waals surface area contributed by atoms with Crippen LogP contribution in [-0.2, 0) is 25.5 Å². The second-order valence-corrected chi connectivity index (χ2v) is 8.36. The van der Waals surface area contributed by atoms with Crippen LogP contribution in [0.3, 0.4) is 0 Å². The summed E-state index contributed by atoms with van der Waals surface area (Å²) < 4.78 is 21.1. The normalized spacial score (nSPS) is 15.2. The number of carbonyl (C=O) groups excluding carboxylic acids is 4. The second-order valence-electron chi connectivity index (χ2n) is 7.51. The number of aryl methyl sites for hydroxylation is 1. The molecule has 36 heavy (non-hydrogen) atoms. The molecule has 0 bridgehead atoms. The lowest BCUT2D eigenvalue weighted by molar-refractivity contribution is -0.143. The third-order valence-corrected chi connectivity index (χ3v) is 5.72. The predicted octanol–water partition coefficient (Wildman–Crippen LogP) is 2.85. The van der Waals surface area contributed by atoms with Crippen LogP contribution in [-0.4, -0.2) is 42.1 Å². The standard InChI is InChI=1S/C23H22N4O8S/c1-3-32-21(30)18-14(25-22(31)26-19(18)15-7-6-12(2)35-15)10-34-17(28)9-13-11-36-23(24-13)27-20(29)16-5-4-8-33-16/h4-8,11,19H,3,9-10H2,1-2H3,(H,24,27,29)(H2,25,26,31). The van der Waals surface area contributed by atoms with Gasteiger partial charge >= 0.3 is 18.0 Å². The number of hydrogen-bond donors (Lipinski definition) is 3. The topological polar surface area (TPSA) is 162 Å². The molecule has 0 spiro atoms. The summed E-state index contributed by atoms with van der Waals surface area (Å²) in [7, 11) is 0. The molecule has 0 fully saturated rings. The van der Waals surface area contributed by atoms with Crippen molar-refractivity contribution in [3.05, 3.63) is 70.2 Å². The Balaban J connectivity index is 1.43.